The lowest BCUT2D eigenvalue weighted by molar-refractivity contribution is -0.136. The summed E-state index contributed by atoms with van der Waals surface area (Å²) in [6, 6.07) is 22.4. The highest BCUT2D eigenvalue weighted by Gasteiger charge is 2.16. The van der Waals surface area contributed by atoms with Gasteiger partial charge in [0.2, 0.25) is 6.79 Å². The van der Waals surface area contributed by atoms with E-state index < -0.39 is 5.97 Å². The Morgan fingerprint density at radius 3 is 2.54 bits per heavy atom. The van der Waals surface area contributed by atoms with Crippen LogP contribution in [0.3, 0.4) is 0 Å². The lowest BCUT2D eigenvalue weighted by Gasteiger charge is -2.11. The van der Waals surface area contributed by atoms with Crippen LogP contribution in [-0.4, -0.2) is 19.4 Å². The third-order valence-electron chi connectivity index (χ3n) is 3.89. The highest BCUT2D eigenvalue weighted by molar-refractivity contribution is 5.75. The van der Waals surface area contributed by atoms with E-state index in [9.17, 15) is 4.79 Å². The van der Waals surface area contributed by atoms with Gasteiger partial charge in [-0.05, 0) is 23.8 Å². The molecule has 1 aliphatic heterocycles. The quantitative estimate of drug-likeness (QED) is 0.514. The third kappa shape index (κ3) is 3.47. The zero-order chi connectivity index (χ0) is 17.8. The first-order valence-electron chi connectivity index (χ1n) is 8.17. The largest absolute Gasteiger partial charge is 0.481 e. The van der Waals surface area contributed by atoms with Crippen LogP contribution in [0.1, 0.15) is 0 Å². The van der Waals surface area contributed by atoms with Gasteiger partial charge in [0.1, 0.15) is 11.5 Å². The highest BCUT2D eigenvalue weighted by Crippen LogP contribution is 2.35. The minimum Gasteiger partial charge on any atom is -0.481 e. The van der Waals surface area contributed by atoms with Crippen molar-refractivity contribution in [2.75, 3.05) is 13.4 Å². The van der Waals surface area contributed by atoms with E-state index in [1.54, 1.807) is 18.2 Å². The van der Waals surface area contributed by atoms with Crippen molar-refractivity contribution in [3.05, 3.63) is 72.8 Å². The number of rotatable bonds is 5. The minimum absolute atomic E-state index is 0.173. The molecule has 130 valence electrons. The molecule has 0 spiro atoms. The molecule has 0 aliphatic carbocycles. The van der Waals surface area contributed by atoms with E-state index in [2.05, 4.69) is 0 Å². The van der Waals surface area contributed by atoms with Crippen LogP contribution in [0.15, 0.2) is 72.8 Å². The molecule has 0 unspecified atom stereocenters. The number of esters is 1. The summed E-state index contributed by atoms with van der Waals surface area (Å²) in [5.41, 5.74) is 1.94. The number of para-hydroxylation sites is 1. The van der Waals surface area contributed by atoms with Crippen LogP contribution in [0.5, 0.6) is 23.0 Å². The second-order valence-electron chi connectivity index (χ2n) is 5.64. The van der Waals surface area contributed by atoms with Gasteiger partial charge in [-0.1, -0.05) is 48.5 Å². The summed E-state index contributed by atoms with van der Waals surface area (Å²) < 4.78 is 21.5. The zero-order valence-electron chi connectivity index (χ0n) is 13.9. The summed E-state index contributed by atoms with van der Waals surface area (Å²) in [4.78, 5) is 12.1. The molecule has 0 aromatic heterocycles. The van der Waals surface area contributed by atoms with Gasteiger partial charge in [-0.15, -0.1) is 0 Å². The van der Waals surface area contributed by atoms with Crippen LogP contribution < -0.4 is 18.9 Å². The molecule has 3 aromatic rings. The molecule has 0 N–H and O–H groups in total. The highest BCUT2D eigenvalue weighted by atomic mass is 16.7. The first-order valence-corrected chi connectivity index (χ1v) is 8.17. The number of fused-ring (bicyclic) bond motifs is 1. The summed E-state index contributed by atoms with van der Waals surface area (Å²) in [6.07, 6.45) is 0. The Kier molecular flexibility index (Phi) is 4.43. The average Bonchev–Trinajstić information content (AvgIpc) is 3.15. The summed E-state index contributed by atoms with van der Waals surface area (Å²) in [6.45, 7) is -0.0234. The van der Waals surface area contributed by atoms with Gasteiger partial charge in [-0.3, -0.25) is 0 Å². The van der Waals surface area contributed by atoms with Crippen LogP contribution in [-0.2, 0) is 4.79 Å². The van der Waals surface area contributed by atoms with Crippen LogP contribution in [0.4, 0.5) is 0 Å². The van der Waals surface area contributed by atoms with E-state index in [1.165, 1.54) is 0 Å². The normalized spacial score (nSPS) is 11.8. The second kappa shape index (κ2) is 7.19. The number of ether oxygens (including phenoxy) is 4. The summed E-state index contributed by atoms with van der Waals surface area (Å²) in [7, 11) is 0. The molecule has 5 nitrogen and oxygen atoms in total. The number of hydrogen-bond donors (Lipinski definition) is 0. The smallest absolute Gasteiger partial charge is 0.349 e. The molecule has 0 saturated heterocycles. The van der Waals surface area contributed by atoms with Crippen molar-refractivity contribution in [1.29, 1.82) is 0 Å². The molecular weight excluding hydrogens is 332 g/mol. The predicted molar refractivity (Wildman–Crippen MR) is 95.6 cm³/mol. The number of carbonyl (C=O) groups excluding carboxylic acids is 1. The molecule has 0 radical (unpaired) electrons. The van der Waals surface area contributed by atoms with Gasteiger partial charge in [0.05, 0.1) is 0 Å². The van der Waals surface area contributed by atoms with Crippen molar-refractivity contribution in [3.63, 3.8) is 0 Å². The molecule has 0 saturated carbocycles. The number of carbonyl (C=O) groups is 1. The zero-order valence-corrected chi connectivity index (χ0v) is 13.9. The number of hydrogen-bond acceptors (Lipinski definition) is 5. The van der Waals surface area contributed by atoms with Crippen molar-refractivity contribution in [2.24, 2.45) is 0 Å². The first-order chi connectivity index (χ1) is 12.8. The Hall–Kier alpha value is -3.47. The molecular formula is C21H16O5. The maximum absolute atomic E-state index is 12.1. The molecule has 1 heterocycles. The average molecular weight is 348 g/mol. The fourth-order valence-corrected chi connectivity index (χ4v) is 2.69. The van der Waals surface area contributed by atoms with Crippen molar-refractivity contribution < 1.29 is 23.7 Å². The monoisotopic (exact) mass is 348 g/mol. The van der Waals surface area contributed by atoms with Crippen molar-refractivity contribution >= 4 is 5.97 Å². The van der Waals surface area contributed by atoms with Crippen LogP contribution >= 0.6 is 0 Å². The summed E-state index contributed by atoms with van der Waals surface area (Å²) in [5, 5.41) is 0. The van der Waals surface area contributed by atoms with Crippen molar-refractivity contribution in [1.82, 2.24) is 0 Å². The first kappa shape index (κ1) is 16.0. The fourth-order valence-electron chi connectivity index (χ4n) is 2.69. The van der Waals surface area contributed by atoms with Gasteiger partial charge in [0.25, 0.3) is 0 Å². The molecule has 4 rings (SSSR count). The van der Waals surface area contributed by atoms with Crippen LogP contribution in [0.25, 0.3) is 11.1 Å². The predicted octanol–water partition coefficient (Wildman–Crippen LogP) is 4.07. The van der Waals surface area contributed by atoms with Gasteiger partial charge in [0.15, 0.2) is 18.1 Å². The fraction of sp³-hybridized carbons (Fsp3) is 0.0952. The Morgan fingerprint density at radius 2 is 1.65 bits per heavy atom. The Labute approximate surface area is 150 Å². The van der Waals surface area contributed by atoms with Crippen LogP contribution in [0, 0.1) is 0 Å². The molecule has 5 heteroatoms. The van der Waals surface area contributed by atoms with Crippen molar-refractivity contribution in [3.8, 4) is 34.1 Å². The van der Waals surface area contributed by atoms with E-state index in [-0.39, 0.29) is 13.4 Å². The summed E-state index contributed by atoms with van der Waals surface area (Å²) in [5.74, 6) is 1.72. The van der Waals surface area contributed by atoms with Gasteiger partial charge in [0, 0.05) is 11.6 Å². The van der Waals surface area contributed by atoms with Crippen LogP contribution in [0.2, 0.25) is 0 Å². The van der Waals surface area contributed by atoms with E-state index in [0.29, 0.717) is 23.0 Å². The van der Waals surface area contributed by atoms with Gasteiger partial charge in [-0.25, -0.2) is 4.79 Å². The topological polar surface area (TPSA) is 54.0 Å². The van der Waals surface area contributed by atoms with E-state index in [0.717, 1.165) is 11.1 Å². The van der Waals surface area contributed by atoms with E-state index in [4.69, 9.17) is 18.9 Å². The van der Waals surface area contributed by atoms with Gasteiger partial charge < -0.3 is 18.9 Å². The number of benzene rings is 3. The molecule has 3 aromatic carbocycles. The summed E-state index contributed by atoms with van der Waals surface area (Å²) >= 11 is 0. The molecule has 0 atom stereocenters. The molecule has 0 bridgehead atoms. The Morgan fingerprint density at radius 1 is 0.885 bits per heavy atom. The SMILES string of the molecule is O=C(COc1ccccc1-c1ccccc1)Oc1ccc2c(c1)OCO2. The maximum atomic E-state index is 12.1. The molecule has 0 amide bonds. The minimum atomic E-state index is -0.494. The molecule has 0 fully saturated rings. The standard InChI is InChI=1S/C21H16O5/c22-21(26-16-10-11-19-20(12-16)25-14-24-19)13-23-18-9-5-4-8-17(18)15-6-2-1-3-7-15/h1-12H,13-14H2. The van der Waals surface area contributed by atoms with E-state index in [1.807, 2.05) is 54.6 Å². The van der Waals surface area contributed by atoms with Gasteiger partial charge >= 0.3 is 5.97 Å². The van der Waals surface area contributed by atoms with Gasteiger partial charge in [-0.2, -0.15) is 0 Å². The lowest BCUT2D eigenvalue weighted by Crippen LogP contribution is -2.17. The van der Waals surface area contributed by atoms with Crippen molar-refractivity contribution in [2.45, 2.75) is 0 Å². The third-order valence-corrected chi connectivity index (χ3v) is 3.89. The Balaban J connectivity index is 1.42. The Bertz CT molecular complexity index is 921. The second-order valence-corrected chi connectivity index (χ2v) is 5.64. The molecule has 1 aliphatic rings. The molecule has 26 heavy (non-hydrogen) atoms. The lowest BCUT2D eigenvalue weighted by atomic mass is 10.1. The van der Waals surface area contributed by atoms with E-state index >= 15 is 0 Å². The maximum Gasteiger partial charge on any atom is 0.349 e.